The molecule has 3 aromatic rings. The van der Waals surface area contributed by atoms with Crippen LogP contribution in [-0.2, 0) is 20.6 Å². The zero-order valence-corrected chi connectivity index (χ0v) is 27.4. The second-order valence-electron chi connectivity index (χ2n) is 12.5. The predicted molar refractivity (Wildman–Crippen MR) is 170 cm³/mol. The summed E-state index contributed by atoms with van der Waals surface area (Å²) in [5.74, 6) is 1.75. The lowest BCUT2D eigenvalue weighted by atomic mass is 9.98. The van der Waals surface area contributed by atoms with Gasteiger partial charge in [0.25, 0.3) is 0 Å². The number of benzene rings is 1. The first-order valence-corrected chi connectivity index (χ1v) is 16.2. The van der Waals surface area contributed by atoms with Crippen molar-refractivity contribution in [1.82, 2.24) is 19.7 Å². The Kier molecular flexibility index (Phi) is 9.68. The summed E-state index contributed by atoms with van der Waals surface area (Å²) < 4.78 is 19.3. The lowest BCUT2D eigenvalue weighted by molar-refractivity contribution is -0.0117. The maximum atomic E-state index is 12.3. The third-order valence-corrected chi connectivity index (χ3v) is 9.31. The van der Waals surface area contributed by atoms with Crippen LogP contribution < -0.4 is 0 Å². The number of amides is 1. The van der Waals surface area contributed by atoms with Gasteiger partial charge in [-0.1, -0.05) is 24.3 Å². The lowest BCUT2D eigenvalue weighted by Crippen LogP contribution is -2.43. The molecular formula is C33H45N5O4S. The number of fused-ring (bicyclic) bond motifs is 3. The summed E-state index contributed by atoms with van der Waals surface area (Å²) in [6, 6.07) is 8.69. The van der Waals surface area contributed by atoms with Crippen LogP contribution in [0.2, 0.25) is 0 Å². The topological polar surface area (TPSA) is 91.1 Å². The largest absolute Gasteiger partial charge is 0.444 e. The van der Waals surface area contributed by atoms with Gasteiger partial charge >= 0.3 is 6.09 Å². The summed E-state index contributed by atoms with van der Waals surface area (Å²) in [6.45, 7) is 14.7. The number of piperidine rings is 1. The molecule has 1 atom stereocenters. The van der Waals surface area contributed by atoms with Gasteiger partial charge in [-0.15, -0.1) is 21.5 Å². The average molecular weight is 608 g/mol. The van der Waals surface area contributed by atoms with E-state index in [0.717, 1.165) is 60.0 Å². The molecule has 0 aliphatic carbocycles. The van der Waals surface area contributed by atoms with Crippen LogP contribution in [0.25, 0.3) is 5.00 Å². The van der Waals surface area contributed by atoms with Gasteiger partial charge in [0, 0.05) is 55.8 Å². The van der Waals surface area contributed by atoms with E-state index >= 15 is 0 Å². The first-order chi connectivity index (χ1) is 20.6. The Morgan fingerprint density at radius 2 is 1.77 bits per heavy atom. The molecule has 5 rings (SSSR count). The predicted octanol–water partition coefficient (Wildman–Crippen LogP) is 6.53. The zero-order valence-electron chi connectivity index (χ0n) is 26.6. The second kappa shape index (κ2) is 13.3. The number of carbonyl (C=O) groups is 1. The summed E-state index contributed by atoms with van der Waals surface area (Å²) in [7, 11) is 1.72. The van der Waals surface area contributed by atoms with Crippen LogP contribution in [0.15, 0.2) is 29.3 Å². The third kappa shape index (κ3) is 7.19. The maximum Gasteiger partial charge on any atom is 0.410 e. The molecule has 0 spiro atoms. The molecule has 0 bridgehead atoms. The molecule has 43 heavy (non-hydrogen) atoms. The number of hydrogen-bond donors (Lipinski definition) is 0. The van der Waals surface area contributed by atoms with E-state index in [0.29, 0.717) is 26.3 Å². The van der Waals surface area contributed by atoms with E-state index in [1.165, 1.54) is 21.6 Å². The van der Waals surface area contributed by atoms with Crippen LogP contribution in [0.1, 0.15) is 91.3 Å². The standard InChI is InChI=1S/C33H45N5O4S/c1-21-22(2)43-31-28(21)29(34-27(16-20-40-7)30-36-35-23(3)38(30)31)25-12-10-24(11-13-25)9-8-19-41-26-14-17-37(18-15-26)32(39)42-33(4,5)6/h10-13,26-27H,8-9,14-20H2,1-7H3/t27-/m0/s1. The van der Waals surface area contributed by atoms with Gasteiger partial charge in [-0.05, 0) is 78.4 Å². The van der Waals surface area contributed by atoms with E-state index in [1.807, 2.05) is 27.7 Å². The fraction of sp³-hybridized carbons (Fsp3) is 0.576. The number of thiophene rings is 1. The Morgan fingerprint density at radius 3 is 2.44 bits per heavy atom. The summed E-state index contributed by atoms with van der Waals surface area (Å²) in [4.78, 5) is 20.7. The van der Waals surface area contributed by atoms with Crippen LogP contribution in [0.3, 0.4) is 0 Å². The van der Waals surface area contributed by atoms with Gasteiger partial charge < -0.3 is 19.1 Å². The molecule has 1 fully saturated rings. The number of likely N-dealkylation sites (tertiary alicyclic amines) is 1. The maximum absolute atomic E-state index is 12.3. The van der Waals surface area contributed by atoms with Gasteiger partial charge in [0.05, 0.1) is 11.8 Å². The van der Waals surface area contributed by atoms with Crippen molar-refractivity contribution < 1.29 is 19.0 Å². The number of aryl methyl sites for hydroxylation is 3. The van der Waals surface area contributed by atoms with Crippen molar-refractivity contribution in [2.24, 2.45) is 4.99 Å². The number of ether oxygens (including phenoxy) is 3. The van der Waals surface area contributed by atoms with Gasteiger partial charge in [-0.3, -0.25) is 9.56 Å². The van der Waals surface area contributed by atoms with Gasteiger partial charge in [-0.2, -0.15) is 0 Å². The van der Waals surface area contributed by atoms with Crippen LogP contribution in [-0.4, -0.2) is 76.6 Å². The third-order valence-electron chi connectivity index (χ3n) is 8.12. The molecule has 10 heteroatoms. The molecule has 2 aromatic heterocycles. The van der Waals surface area contributed by atoms with E-state index in [9.17, 15) is 4.79 Å². The molecule has 2 aliphatic rings. The van der Waals surface area contributed by atoms with Crippen molar-refractivity contribution >= 4 is 23.1 Å². The fourth-order valence-electron chi connectivity index (χ4n) is 5.70. The van der Waals surface area contributed by atoms with Crippen molar-refractivity contribution in [3.05, 3.63) is 63.0 Å². The summed E-state index contributed by atoms with van der Waals surface area (Å²) in [6.07, 6.45) is 4.30. The van der Waals surface area contributed by atoms with E-state index in [4.69, 9.17) is 19.2 Å². The Labute approximate surface area is 259 Å². The van der Waals surface area contributed by atoms with Gasteiger partial charge in [-0.25, -0.2) is 4.79 Å². The number of carbonyl (C=O) groups excluding carboxylic acids is 1. The van der Waals surface area contributed by atoms with Crippen molar-refractivity contribution in [2.75, 3.05) is 33.4 Å². The normalized spacial score (nSPS) is 17.3. The van der Waals surface area contributed by atoms with E-state index < -0.39 is 5.60 Å². The first kappa shape index (κ1) is 31.3. The number of rotatable bonds is 9. The highest BCUT2D eigenvalue weighted by Crippen LogP contribution is 2.39. The van der Waals surface area contributed by atoms with Gasteiger partial charge in [0.15, 0.2) is 5.82 Å². The van der Waals surface area contributed by atoms with Crippen LogP contribution >= 0.6 is 11.3 Å². The summed E-state index contributed by atoms with van der Waals surface area (Å²) in [5, 5.41) is 10.1. The molecule has 232 valence electrons. The number of nitrogens with zero attached hydrogens (tertiary/aromatic N) is 5. The smallest absolute Gasteiger partial charge is 0.410 e. The number of aliphatic imine (C=N–C) groups is 1. The molecule has 1 aromatic carbocycles. The number of methoxy groups -OCH3 is 1. The molecule has 1 amide bonds. The van der Waals surface area contributed by atoms with Crippen molar-refractivity contribution in [2.45, 2.75) is 91.4 Å². The molecule has 1 saturated heterocycles. The molecule has 0 radical (unpaired) electrons. The molecule has 0 N–H and O–H groups in total. The first-order valence-electron chi connectivity index (χ1n) is 15.3. The molecule has 9 nitrogen and oxygen atoms in total. The van der Waals surface area contributed by atoms with Crippen LogP contribution in [0, 0.1) is 20.8 Å². The minimum atomic E-state index is -0.468. The fourth-order valence-corrected chi connectivity index (χ4v) is 6.91. The van der Waals surface area contributed by atoms with Crippen molar-refractivity contribution in [3.63, 3.8) is 0 Å². The van der Waals surface area contributed by atoms with Gasteiger partial charge in [0.2, 0.25) is 0 Å². The van der Waals surface area contributed by atoms with Crippen LogP contribution in [0.5, 0.6) is 0 Å². The van der Waals surface area contributed by atoms with Crippen molar-refractivity contribution in [3.8, 4) is 5.00 Å². The Balaban J connectivity index is 1.21. The molecule has 0 saturated carbocycles. The monoisotopic (exact) mass is 607 g/mol. The molecule has 0 unspecified atom stereocenters. The highest BCUT2D eigenvalue weighted by Gasteiger charge is 2.31. The number of aromatic nitrogens is 3. The number of hydrogen-bond acceptors (Lipinski definition) is 8. The minimum absolute atomic E-state index is 0.136. The Morgan fingerprint density at radius 1 is 1.05 bits per heavy atom. The van der Waals surface area contributed by atoms with Crippen LogP contribution in [0.4, 0.5) is 4.79 Å². The lowest BCUT2D eigenvalue weighted by Gasteiger charge is -2.33. The molecular weight excluding hydrogens is 562 g/mol. The van der Waals surface area contributed by atoms with Gasteiger partial charge in [0.1, 0.15) is 22.5 Å². The second-order valence-corrected chi connectivity index (χ2v) is 13.7. The average Bonchev–Trinajstić information content (AvgIpc) is 3.44. The van der Waals surface area contributed by atoms with E-state index in [1.54, 1.807) is 23.3 Å². The summed E-state index contributed by atoms with van der Waals surface area (Å²) in [5.41, 5.74) is 5.36. The highest BCUT2D eigenvalue weighted by atomic mass is 32.1. The summed E-state index contributed by atoms with van der Waals surface area (Å²) >= 11 is 1.78. The SMILES string of the molecule is COCC[C@@H]1N=C(c2ccc(CCCOC3CCN(C(=O)OC(C)(C)C)CC3)cc2)c2c(sc(C)c2C)-n2c(C)nnc21. The Bertz CT molecular complexity index is 1440. The van der Waals surface area contributed by atoms with E-state index in [-0.39, 0.29) is 18.2 Å². The zero-order chi connectivity index (χ0) is 30.7. The van der Waals surface area contributed by atoms with E-state index in [2.05, 4.69) is 52.9 Å². The quantitative estimate of drug-likeness (QED) is 0.257. The highest BCUT2D eigenvalue weighted by molar-refractivity contribution is 7.15. The van der Waals surface area contributed by atoms with Crippen molar-refractivity contribution in [1.29, 1.82) is 0 Å². The Hall–Kier alpha value is -3.08. The minimum Gasteiger partial charge on any atom is -0.444 e. The molecule has 2 aliphatic heterocycles. The molecule has 4 heterocycles.